The second-order valence-corrected chi connectivity index (χ2v) is 14.9. The molecule has 2 aliphatic heterocycles. The summed E-state index contributed by atoms with van der Waals surface area (Å²) in [6.07, 6.45) is 0. The minimum Gasteiger partial charge on any atom is -0.458 e. The number of hydrogen-bond donors (Lipinski definition) is 0. The summed E-state index contributed by atoms with van der Waals surface area (Å²) in [6, 6.07) is -36.1. The van der Waals surface area contributed by atoms with Crippen molar-refractivity contribution in [2.75, 3.05) is 0 Å². The lowest BCUT2D eigenvalue weighted by Crippen LogP contribution is -2.72. The third-order valence-corrected chi connectivity index (χ3v) is 13.0. The summed E-state index contributed by atoms with van der Waals surface area (Å²) in [5, 5.41) is -5.36. The third-order valence-electron chi connectivity index (χ3n) is 8.93. The van der Waals surface area contributed by atoms with Crippen LogP contribution in [0.5, 0.6) is 23.0 Å². The van der Waals surface area contributed by atoms with Crippen LogP contribution in [0.15, 0.2) is 193 Å². The molecule has 0 aliphatic carbocycles. The van der Waals surface area contributed by atoms with Crippen molar-refractivity contribution in [3.8, 4) is 34.1 Å². The Kier molecular flexibility index (Phi) is 2.72. The summed E-state index contributed by atoms with van der Waals surface area (Å²) in [7, 11) is -6.76. The standard InChI is InChI=1S/C48H32BNO2Si/c1-3-17-35(18-4-1)53(36-19-5-2-6-20-36,50-42-26-11-7-22-38(42)39-23-8-12-27-43(39)50)37-21-15-16-33(30-37)34-31-46-48-47(32-34)52-45-29-14-10-25-41(45)49(48)40-24-9-13-28-44(40)51-46/h1-32H/i1D,2D,3D,4D,5D,6D,7D,8D,9D,10D,11D,12D,13D,14D,15D,16D,17D,18D,19D,20D,21D,22D,23D,24D,25D,26D,27D,28D,29D,30D,31D,32D. The highest BCUT2D eigenvalue weighted by Crippen LogP contribution is 2.38. The van der Waals surface area contributed by atoms with Crippen molar-refractivity contribution in [3.05, 3.63) is 193 Å². The van der Waals surface area contributed by atoms with Crippen LogP contribution in [0.1, 0.15) is 43.9 Å². The van der Waals surface area contributed by atoms with Gasteiger partial charge in [-0.05, 0) is 73.9 Å². The molecule has 0 spiro atoms. The molecule has 0 radical (unpaired) electrons. The van der Waals surface area contributed by atoms with E-state index in [1.54, 1.807) is 0 Å². The zero-order chi connectivity index (χ0) is 62.8. The highest BCUT2D eigenvalue weighted by molar-refractivity contribution is 7.11. The van der Waals surface area contributed by atoms with Gasteiger partial charge in [0.2, 0.25) is 0 Å². The maximum atomic E-state index is 10.6. The molecule has 53 heavy (non-hydrogen) atoms. The average molecular weight is 726 g/mol. The van der Waals surface area contributed by atoms with Gasteiger partial charge in [0.05, 0.1) is 43.9 Å². The second-order valence-electron chi connectivity index (χ2n) is 11.6. The Morgan fingerprint density at radius 3 is 1.45 bits per heavy atom. The first kappa shape index (κ1) is 12.3. The first-order valence-corrected chi connectivity index (χ1v) is 17.6. The minimum absolute atomic E-state index is 0.451. The maximum absolute atomic E-state index is 10.6. The smallest absolute Gasteiger partial charge is 0.260 e. The molecule has 3 heterocycles. The van der Waals surface area contributed by atoms with E-state index in [1.807, 2.05) is 0 Å². The second kappa shape index (κ2) is 11.7. The van der Waals surface area contributed by atoms with E-state index in [2.05, 4.69) is 0 Å². The fourth-order valence-electron chi connectivity index (χ4n) is 6.85. The van der Waals surface area contributed by atoms with Crippen LogP contribution in [0.3, 0.4) is 0 Å². The number of benzene rings is 8. The van der Waals surface area contributed by atoms with Crippen molar-refractivity contribution in [1.82, 2.24) is 4.23 Å². The molecule has 248 valence electrons. The quantitative estimate of drug-likeness (QED) is 0.134. The zero-order valence-electron chi connectivity index (χ0n) is 58.3. The number of hydrogen-bond acceptors (Lipinski definition) is 2. The highest BCUT2D eigenvalue weighted by Gasteiger charge is 2.45. The molecule has 0 bridgehead atoms. The van der Waals surface area contributed by atoms with Gasteiger partial charge in [0.25, 0.3) is 14.9 Å². The SMILES string of the molecule is [2H]c1c([2H])c([2H])c([Si](c2c([2H])c([2H])c([2H])c([2H])c2[2H])(c2c([2H])c([2H])c([2H])c(-c3c([2H])c4c5c(c3[2H])Oc3c([2H])c([2H])c([2H])c([2H])c3B5c3c([2H])c([2H])c([2H])c([2H])c3O4)c2[2H])n2c3c([2H])c([2H])c([2H])c([2H])c3c3c([2H])c([2H])c([2H])c([2H])c32)c([2H])c1[2H]. The van der Waals surface area contributed by atoms with Crippen LogP contribution in [0, 0.1) is 0 Å². The van der Waals surface area contributed by atoms with E-state index in [0.717, 1.165) is 0 Å². The molecule has 0 saturated heterocycles. The zero-order valence-corrected chi connectivity index (χ0v) is 27.3. The summed E-state index contributed by atoms with van der Waals surface area (Å²) in [5.74, 6) is -3.06. The van der Waals surface area contributed by atoms with Gasteiger partial charge in [0.1, 0.15) is 23.0 Å². The van der Waals surface area contributed by atoms with Gasteiger partial charge in [-0.2, -0.15) is 0 Å². The number of rotatable bonds is 5. The lowest BCUT2D eigenvalue weighted by atomic mass is 9.35. The highest BCUT2D eigenvalue weighted by atomic mass is 28.3. The fraction of sp³-hybridized carbons (Fsp3) is 0. The van der Waals surface area contributed by atoms with Gasteiger partial charge in [0, 0.05) is 27.3 Å². The first-order valence-electron chi connectivity index (χ1n) is 31.6. The largest absolute Gasteiger partial charge is 0.458 e. The molecule has 11 rings (SSSR count). The van der Waals surface area contributed by atoms with Gasteiger partial charge in [-0.3, -0.25) is 0 Å². The molecular weight excluding hydrogens is 661 g/mol. The Morgan fingerprint density at radius 1 is 0.415 bits per heavy atom. The van der Waals surface area contributed by atoms with E-state index < -0.39 is 296 Å². The molecule has 3 nitrogen and oxygen atoms in total. The summed E-state index contributed by atoms with van der Waals surface area (Å²) >= 11 is 0. The van der Waals surface area contributed by atoms with Crippen LogP contribution in [0.4, 0.5) is 0 Å². The molecule has 8 aromatic carbocycles. The number of ether oxygens (including phenoxy) is 2. The van der Waals surface area contributed by atoms with Crippen molar-refractivity contribution in [1.29, 1.82) is 0 Å². The Morgan fingerprint density at radius 2 is 0.887 bits per heavy atom. The summed E-state index contributed by atoms with van der Waals surface area (Å²) in [5.41, 5.74) is -5.54. The van der Waals surface area contributed by atoms with Gasteiger partial charge < -0.3 is 13.7 Å². The number of fused-ring (bicyclic) bond motifs is 7. The van der Waals surface area contributed by atoms with Crippen molar-refractivity contribution < 1.29 is 53.3 Å². The van der Waals surface area contributed by atoms with Gasteiger partial charge >= 0.3 is 0 Å². The Balaban J connectivity index is 1.47. The van der Waals surface area contributed by atoms with Crippen molar-refractivity contribution in [2.24, 2.45) is 0 Å². The van der Waals surface area contributed by atoms with Crippen LogP contribution in [-0.4, -0.2) is 19.2 Å². The minimum atomic E-state index is -6.76. The van der Waals surface area contributed by atoms with Gasteiger partial charge in [-0.15, -0.1) is 0 Å². The van der Waals surface area contributed by atoms with Gasteiger partial charge in [0.15, 0.2) is 0 Å². The van der Waals surface area contributed by atoms with E-state index >= 15 is 0 Å². The van der Waals surface area contributed by atoms with Crippen molar-refractivity contribution in [2.45, 2.75) is 0 Å². The van der Waals surface area contributed by atoms with Crippen LogP contribution in [-0.2, 0) is 0 Å². The van der Waals surface area contributed by atoms with Crippen LogP contribution >= 0.6 is 0 Å². The molecule has 1 aromatic heterocycles. The van der Waals surface area contributed by atoms with E-state index in [-0.39, 0.29) is 0 Å². The molecule has 2 aliphatic rings. The Bertz CT molecular complexity index is 4410. The molecule has 0 unspecified atom stereocenters. The van der Waals surface area contributed by atoms with E-state index in [0.29, 0.717) is 4.23 Å². The van der Waals surface area contributed by atoms with Gasteiger partial charge in [-0.25, -0.2) is 0 Å². The fourth-order valence-corrected chi connectivity index (χ4v) is 10.8. The molecule has 0 N–H and O–H groups in total. The average Bonchev–Trinajstić information content (AvgIpc) is 1.68. The summed E-state index contributed by atoms with van der Waals surface area (Å²) < 4.78 is 310. The summed E-state index contributed by atoms with van der Waals surface area (Å²) in [4.78, 5) is 0. The topological polar surface area (TPSA) is 23.4 Å². The van der Waals surface area contributed by atoms with Crippen molar-refractivity contribution >= 4 is 68.7 Å². The lowest BCUT2D eigenvalue weighted by Gasteiger charge is -2.37. The van der Waals surface area contributed by atoms with E-state index in [9.17, 15) is 19.2 Å². The molecule has 9 aromatic rings. The predicted molar refractivity (Wildman–Crippen MR) is 222 cm³/mol. The monoisotopic (exact) mass is 725 g/mol. The molecule has 0 atom stereocenters. The lowest BCUT2D eigenvalue weighted by molar-refractivity contribution is 0.465. The van der Waals surface area contributed by atoms with Crippen LogP contribution in [0.25, 0.3) is 32.9 Å². The summed E-state index contributed by atoms with van der Waals surface area (Å²) in [6.45, 7) is -1.78. The Labute approximate surface area is 354 Å². The molecule has 0 saturated carbocycles. The number of nitrogens with zero attached hydrogens (tertiary/aromatic N) is 1. The van der Waals surface area contributed by atoms with Crippen LogP contribution < -0.4 is 41.4 Å². The Hall–Kier alpha value is -6.56. The number of aromatic nitrogens is 1. The van der Waals surface area contributed by atoms with Crippen LogP contribution in [0.2, 0.25) is 0 Å². The van der Waals surface area contributed by atoms with Gasteiger partial charge in [-0.1, -0.05) is 157 Å². The molecule has 0 amide bonds. The first-order chi connectivity index (χ1) is 39.6. The number of para-hydroxylation sites is 4. The van der Waals surface area contributed by atoms with Crippen molar-refractivity contribution in [3.63, 3.8) is 0 Å². The van der Waals surface area contributed by atoms with E-state index in [4.69, 9.17) is 34.1 Å². The molecule has 5 heteroatoms. The molecule has 0 fully saturated rings. The molecular formula is C48H32BNO2Si. The predicted octanol–water partition coefficient (Wildman–Crippen LogP) is 7.70. The normalized spacial score (nSPS) is 21.2. The van der Waals surface area contributed by atoms with E-state index in [1.165, 1.54) is 0 Å². The third kappa shape index (κ3) is 4.41. The maximum Gasteiger partial charge on any atom is 0.260 e.